The van der Waals surface area contributed by atoms with Gasteiger partial charge in [0.1, 0.15) is 11.6 Å². The Hall–Kier alpha value is -3.31. The number of rotatable bonds is 8. The average Bonchev–Trinajstić information content (AvgIpc) is 2.90. The number of halogens is 2. The number of benzene rings is 3. The molecule has 0 saturated carbocycles. The summed E-state index contributed by atoms with van der Waals surface area (Å²) in [6.07, 6.45) is 3.04. The van der Waals surface area contributed by atoms with E-state index in [1.165, 1.54) is 24.3 Å². The van der Waals surface area contributed by atoms with Gasteiger partial charge >= 0.3 is 0 Å². The van der Waals surface area contributed by atoms with Crippen molar-refractivity contribution in [2.45, 2.75) is 25.2 Å². The van der Waals surface area contributed by atoms with Gasteiger partial charge in [-0.25, -0.2) is 13.8 Å². The SMILES string of the molecule is Fc1ccc(C(c2ccc(F)cc2)C2CCN(CCCOc3ccc4ccccc4n3)CC2)cc1. The number of hydrogen-bond acceptors (Lipinski definition) is 3. The van der Waals surface area contributed by atoms with E-state index in [4.69, 9.17) is 4.74 Å². The van der Waals surface area contributed by atoms with Crippen LogP contribution in [0, 0.1) is 17.6 Å². The van der Waals surface area contributed by atoms with E-state index in [-0.39, 0.29) is 17.6 Å². The molecule has 5 heteroatoms. The highest BCUT2D eigenvalue weighted by atomic mass is 19.1. The van der Waals surface area contributed by atoms with Gasteiger partial charge in [0.25, 0.3) is 0 Å². The fraction of sp³-hybridized carbons (Fsp3) is 0.300. The lowest BCUT2D eigenvalue weighted by Gasteiger charge is -2.36. The van der Waals surface area contributed by atoms with Crippen molar-refractivity contribution in [1.29, 1.82) is 0 Å². The topological polar surface area (TPSA) is 25.4 Å². The highest BCUT2D eigenvalue weighted by Crippen LogP contribution is 2.38. The van der Waals surface area contributed by atoms with Gasteiger partial charge in [-0.1, -0.05) is 42.5 Å². The van der Waals surface area contributed by atoms with Crippen molar-refractivity contribution in [3.8, 4) is 5.88 Å². The van der Waals surface area contributed by atoms with Gasteiger partial charge in [-0.05, 0) is 85.8 Å². The van der Waals surface area contributed by atoms with Crippen LogP contribution in [-0.4, -0.2) is 36.1 Å². The molecule has 0 bridgehead atoms. The van der Waals surface area contributed by atoms with Crippen molar-refractivity contribution < 1.29 is 13.5 Å². The van der Waals surface area contributed by atoms with Crippen LogP contribution < -0.4 is 4.74 Å². The maximum absolute atomic E-state index is 13.6. The first-order valence-corrected chi connectivity index (χ1v) is 12.4. The van der Waals surface area contributed by atoms with E-state index < -0.39 is 0 Å². The highest BCUT2D eigenvalue weighted by molar-refractivity contribution is 5.78. The molecule has 3 nitrogen and oxygen atoms in total. The van der Waals surface area contributed by atoms with Crippen LogP contribution in [0.25, 0.3) is 10.9 Å². The molecule has 0 spiro atoms. The summed E-state index contributed by atoms with van der Waals surface area (Å²) in [5.74, 6) is 0.773. The molecule has 4 aromatic rings. The Kier molecular flexibility index (Phi) is 7.34. The van der Waals surface area contributed by atoms with Gasteiger partial charge in [0.15, 0.2) is 0 Å². The molecule has 1 saturated heterocycles. The summed E-state index contributed by atoms with van der Waals surface area (Å²) in [6.45, 7) is 3.65. The molecule has 5 rings (SSSR count). The molecule has 1 aliphatic heterocycles. The smallest absolute Gasteiger partial charge is 0.213 e. The summed E-state index contributed by atoms with van der Waals surface area (Å²) < 4.78 is 33.0. The van der Waals surface area contributed by atoms with Crippen LogP contribution in [0.15, 0.2) is 84.9 Å². The summed E-state index contributed by atoms with van der Waals surface area (Å²) in [5, 5.41) is 1.11. The maximum atomic E-state index is 13.6. The van der Waals surface area contributed by atoms with E-state index >= 15 is 0 Å². The normalized spacial score (nSPS) is 15.1. The predicted octanol–water partition coefficient (Wildman–Crippen LogP) is 6.83. The first-order chi connectivity index (χ1) is 17.2. The summed E-state index contributed by atoms with van der Waals surface area (Å²) in [7, 11) is 0. The number of aromatic nitrogens is 1. The van der Waals surface area contributed by atoms with Crippen LogP contribution in [-0.2, 0) is 0 Å². The summed E-state index contributed by atoms with van der Waals surface area (Å²) in [6, 6.07) is 25.6. The monoisotopic (exact) mass is 472 g/mol. The highest BCUT2D eigenvalue weighted by Gasteiger charge is 2.29. The van der Waals surface area contributed by atoms with Gasteiger partial charge in [0.05, 0.1) is 12.1 Å². The largest absolute Gasteiger partial charge is 0.478 e. The lowest BCUT2D eigenvalue weighted by atomic mass is 9.76. The molecule has 35 heavy (non-hydrogen) atoms. The number of likely N-dealkylation sites (tertiary alicyclic amines) is 1. The molecule has 1 aliphatic rings. The molecule has 0 unspecified atom stereocenters. The van der Waals surface area contributed by atoms with Crippen molar-refractivity contribution in [3.05, 3.63) is 108 Å². The molecular weight excluding hydrogens is 442 g/mol. The van der Waals surface area contributed by atoms with Gasteiger partial charge in [-0.2, -0.15) is 0 Å². The van der Waals surface area contributed by atoms with Crippen LogP contribution in [0.1, 0.15) is 36.3 Å². The van der Waals surface area contributed by atoms with E-state index in [1.54, 1.807) is 0 Å². The van der Waals surface area contributed by atoms with E-state index in [0.29, 0.717) is 18.4 Å². The van der Waals surface area contributed by atoms with Gasteiger partial charge in [0.2, 0.25) is 5.88 Å². The Morgan fingerprint density at radius 3 is 2.09 bits per heavy atom. The van der Waals surface area contributed by atoms with Crippen LogP contribution in [0.3, 0.4) is 0 Å². The van der Waals surface area contributed by atoms with Gasteiger partial charge < -0.3 is 9.64 Å². The van der Waals surface area contributed by atoms with Gasteiger partial charge in [0, 0.05) is 23.9 Å². The standard InChI is InChI=1S/C30H30F2N2O/c31-26-11-6-23(7-12-26)30(24-8-13-27(32)14-9-24)25-16-19-34(20-17-25)18-3-21-35-29-15-10-22-4-1-2-5-28(22)33-29/h1-2,4-15,25,30H,3,16-21H2. The molecule has 0 aliphatic carbocycles. The summed E-state index contributed by atoms with van der Waals surface area (Å²) in [4.78, 5) is 7.06. The Labute approximate surface area is 205 Å². The lowest BCUT2D eigenvalue weighted by molar-refractivity contribution is 0.162. The first-order valence-electron chi connectivity index (χ1n) is 12.4. The third-order valence-electron chi connectivity index (χ3n) is 7.00. The lowest BCUT2D eigenvalue weighted by Crippen LogP contribution is -2.36. The molecule has 0 radical (unpaired) electrons. The van der Waals surface area contributed by atoms with E-state index in [1.807, 2.05) is 60.7 Å². The van der Waals surface area contributed by atoms with Crippen molar-refractivity contribution in [2.75, 3.05) is 26.2 Å². The molecule has 2 heterocycles. The first kappa shape index (κ1) is 23.4. The van der Waals surface area contributed by atoms with Crippen LogP contribution in [0.4, 0.5) is 8.78 Å². The molecule has 0 N–H and O–H groups in total. The third kappa shape index (κ3) is 5.85. The Morgan fingerprint density at radius 1 is 0.800 bits per heavy atom. The summed E-state index contributed by atoms with van der Waals surface area (Å²) in [5.41, 5.74) is 3.13. The molecule has 0 atom stereocenters. The summed E-state index contributed by atoms with van der Waals surface area (Å²) >= 11 is 0. The second kappa shape index (κ2) is 11.0. The third-order valence-corrected chi connectivity index (χ3v) is 7.00. The van der Waals surface area contributed by atoms with Crippen molar-refractivity contribution >= 4 is 10.9 Å². The minimum absolute atomic E-state index is 0.140. The second-order valence-corrected chi connectivity index (χ2v) is 9.30. The molecule has 0 amide bonds. The zero-order valence-electron chi connectivity index (χ0n) is 19.7. The number of pyridine rings is 1. The zero-order valence-corrected chi connectivity index (χ0v) is 19.7. The fourth-order valence-electron chi connectivity index (χ4n) is 5.18. The Bertz CT molecular complexity index is 1190. The average molecular weight is 473 g/mol. The minimum atomic E-state index is -0.234. The number of fused-ring (bicyclic) bond motifs is 1. The number of para-hydroxylation sites is 1. The van der Waals surface area contributed by atoms with E-state index in [9.17, 15) is 8.78 Å². The molecule has 1 fully saturated rings. The molecule has 1 aromatic heterocycles. The quantitative estimate of drug-likeness (QED) is 0.263. The zero-order chi connectivity index (χ0) is 24.0. The van der Waals surface area contributed by atoms with Crippen molar-refractivity contribution in [2.24, 2.45) is 5.92 Å². The van der Waals surface area contributed by atoms with Gasteiger partial charge in [-0.15, -0.1) is 0 Å². The second-order valence-electron chi connectivity index (χ2n) is 9.30. The number of ether oxygens (including phenoxy) is 1. The molecule has 3 aromatic carbocycles. The molecular formula is C30H30F2N2O. The van der Waals surface area contributed by atoms with Crippen molar-refractivity contribution in [1.82, 2.24) is 9.88 Å². The minimum Gasteiger partial charge on any atom is -0.478 e. The number of piperidine rings is 1. The Morgan fingerprint density at radius 2 is 1.43 bits per heavy atom. The number of nitrogens with zero attached hydrogens (tertiary/aromatic N) is 2. The number of hydrogen-bond donors (Lipinski definition) is 0. The van der Waals surface area contributed by atoms with Gasteiger partial charge in [-0.3, -0.25) is 0 Å². The predicted molar refractivity (Wildman–Crippen MR) is 136 cm³/mol. The maximum Gasteiger partial charge on any atom is 0.213 e. The van der Waals surface area contributed by atoms with Crippen LogP contribution in [0.2, 0.25) is 0 Å². The van der Waals surface area contributed by atoms with Crippen molar-refractivity contribution in [3.63, 3.8) is 0 Å². The molecule has 180 valence electrons. The fourth-order valence-corrected chi connectivity index (χ4v) is 5.18. The van der Waals surface area contributed by atoms with E-state index in [2.05, 4.69) is 9.88 Å². The van der Waals surface area contributed by atoms with Crippen LogP contribution >= 0.6 is 0 Å². The van der Waals surface area contributed by atoms with Crippen LogP contribution in [0.5, 0.6) is 5.88 Å². The van der Waals surface area contributed by atoms with E-state index in [0.717, 1.165) is 60.9 Å². The Balaban J connectivity index is 1.15.